The molecule has 1 aromatic rings. The van der Waals surface area contributed by atoms with Crippen molar-refractivity contribution in [1.29, 1.82) is 0 Å². The van der Waals surface area contributed by atoms with E-state index >= 15 is 0 Å². The Morgan fingerprint density at radius 2 is 2.21 bits per heavy atom. The van der Waals surface area contributed by atoms with Gasteiger partial charge in [0.1, 0.15) is 5.75 Å². The van der Waals surface area contributed by atoms with Crippen LogP contribution >= 0.6 is 0 Å². The van der Waals surface area contributed by atoms with Gasteiger partial charge in [-0.1, -0.05) is 0 Å². The highest BCUT2D eigenvalue weighted by molar-refractivity contribution is 5.98. The second-order valence-corrected chi connectivity index (χ2v) is 3.08. The van der Waals surface area contributed by atoms with Crippen LogP contribution in [0.2, 0.25) is 0 Å². The maximum atomic E-state index is 11.1. The van der Waals surface area contributed by atoms with E-state index in [-0.39, 0.29) is 5.75 Å². The minimum absolute atomic E-state index is 0.130. The Bertz CT molecular complexity index is 350. The molecule has 76 valence electrons. The van der Waals surface area contributed by atoms with E-state index in [1.165, 1.54) is 18.2 Å². The molecule has 4 heteroatoms. The zero-order valence-corrected chi connectivity index (χ0v) is 8.32. The highest BCUT2D eigenvalue weighted by atomic mass is 16.3. The molecule has 0 aromatic heterocycles. The second-order valence-electron chi connectivity index (χ2n) is 3.08. The lowest BCUT2D eigenvalue weighted by Gasteiger charge is -2.19. The number of benzene rings is 1. The predicted molar refractivity (Wildman–Crippen MR) is 55.6 cm³/mol. The molecular weight excluding hydrogens is 180 g/mol. The number of carbonyl (C=O) groups excluding carboxylic acids is 1. The molecule has 0 saturated heterocycles. The highest BCUT2D eigenvalue weighted by Gasteiger charge is 2.11. The zero-order chi connectivity index (χ0) is 10.7. The molecule has 0 bridgehead atoms. The summed E-state index contributed by atoms with van der Waals surface area (Å²) in [6.07, 6.45) is 0. The fraction of sp³-hybridized carbons (Fsp3) is 0.300. The van der Waals surface area contributed by atoms with Crippen molar-refractivity contribution < 1.29 is 9.90 Å². The van der Waals surface area contributed by atoms with Gasteiger partial charge in [-0.25, -0.2) is 0 Å². The molecule has 14 heavy (non-hydrogen) atoms. The van der Waals surface area contributed by atoms with Crippen molar-refractivity contribution in [1.82, 2.24) is 0 Å². The highest BCUT2D eigenvalue weighted by Crippen LogP contribution is 2.24. The molecule has 0 fully saturated rings. The van der Waals surface area contributed by atoms with Gasteiger partial charge < -0.3 is 15.7 Å². The van der Waals surface area contributed by atoms with Crippen LogP contribution in [0.5, 0.6) is 5.75 Å². The maximum Gasteiger partial charge on any atom is 0.250 e. The molecule has 0 radical (unpaired) electrons. The number of anilines is 1. The van der Waals surface area contributed by atoms with Gasteiger partial charge in [0.15, 0.2) is 0 Å². The SMILES string of the molecule is CCN(C)c1cc(O)ccc1C(N)=O. The van der Waals surface area contributed by atoms with E-state index in [0.717, 1.165) is 6.54 Å². The first kappa shape index (κ1) is 10.4. The summed E-state index contributed by atoms with van der Waals surface area (Å²) in [4.78, 5) is 12.9. The number of carbonyl (C=O) groups is 1. The molecule has 0 atom stereocenters. The summed E-state index contributed by atoms with van der Waals surface area (Å²) < 4.78 is 0. The lowest BCUT2D eigenvalue weighted by atomic mass is 10.1. The minimum Gasteiger partial charge on any atom is -0.508 e. The molecular formula is C10H14N2O2. The first-order valence-electron chi connectivity index (χ1n) is 4.40. The molecule has 3 N–H and O–H groups in total. The molecule has 1 aromatic carbocycles. The van der Waals surface area contributed by atoms with Crippen LogP contribution in [-0.2, 0) is 0 Å². The van der Waals surface area contributed by atoms with Gasteiger partial charge in [-0.3, -0.25) is 4.79 Å². The summed E-state index contributed by atoms with van der Waals surface area (Å²) in [6, 6.07) is 4.51. The molecule has 1 amide bonds. The smallest absolute Gasteiger partial charge is 0.250 e. The van der Waals surface area contributed by atoms with E-state index in [2.05, 4.69) is 0 Å². The van der Waals surface area contributed by atoms with E-state index in [1.807, 2.05) is 18.9 Å². The third-order valence-corrected chi connectivity index (χ3v) is 2.13. The van der Waals surface area contributed by atoms with Crippen LogP contribution in [0.15, 0.2) is 18.2 Å². The Balaban J connectivity index is 3.22. The van der Waals surface area contributed by atoms with Gasteiger partial charge in [0, 0.05) is 19.7 Å². The summed E-state index contributed by atoms with van der Waals surface area (Å²) in [7, 11) is 1.83. The van der Waals surface area contributed by atoms with Crippen LogP contribution in [0, 0.1) is 0 Å². The van der Waals surface area contributed by atoms with Crippen molar-refractivity contribution in [3.8, 4) is 5.75 Å². The number of hydrogen-bond acceptors (Lipinski definition) is 3. The van der Waals surface area contributed by atoms with E-state index < -0.39 is 5.91 Å². The Labute approximate surface area is 82.9 Å². The van der Waals surface area contributed by atoms with E-state index in [9.17, 15) is 9.90 Å². The number of phenols is 1. The average molecular weight is 194 g/mol. The first-order chi connectivity index (χ1) is 6.56. The van der Waals surface area contributed by atoms with Gasteiger partial charge in [-0.15, -0.1) is 0 Å². The minimum atomic E-state index is -0.486. The Morgan fingerprint density at radius 3 is 2.71 bits per heavy atom. The van der Waals surface area contributed by atoms with Crippen LogP contribution < -0.4 is 10.6 Å². The van der Waals surface area contributed by atoms with Gasteiger partial charge in [0.25, 0.3) is 5.91 Å². The molecule has 0 heterocycles. The van der Waals surface area contributed by atoms with Crippen molar-refractivity contribution in [2.75, 3.05) is 18.5 Å². The number of primary amides is 1. The Kier molecular flexibility index (Phi) is 2.96. The van der Waals surface area contributed by atoms with Gasteiger partial charge in [-0.2, -0.15) is 0 Å². The molecule has 0 spiro atoms. The molecule has 0 aliphatic rings. The number of rotatable bonds is 3. The summed E-state index contributed by atoms with van der Waals surface area (Å²) in [6.45, 7) is 2.69. The number of amides is 1. The van der Waals surface area contributed by atoms with Crippen LogP contribution in [-0.4, -0.2) is 24.6 Å². The fourth-order valence-corrected chi connectivity index (χ4v) is 1.21. The molecule has 0 aliphatic heterocycles. The molecule has 0 aliphatic carbocycles. The summed E-state index contributed by atoms with van der Waals surface area (Å²) in [5.41, 5.74) is 6.29. The topological polar surface area (TPSA) is 66.6 Å². The molecule has 0 unspecified atom stereocenters. The number of nitrogens with zero attached hydrogens (tertiary/aromatic N) is 1. The Morgan fingerprint density at radius 1 is 1.57 bits per heavy atom. The van der Waals surface area contributed by atoms with Crippen molar-refractivity contribution >= 4 is 11.6 Å². The number of aromatic hydroxyl groups is 1. The summed E-state index contributed by atoms with van der Waals surface area (Å²) in [5.74, 6) is -0.356. The zero-order valence-electron chi connectivity index (χ0n) is 8.32. The van der Waals surface area contributed by atoms with Gasteiger partial charge in [-0.05, 0) is 19.1 Å². The standard InChI is InChI=1S/C10H14N2O2/c1-3-12(2)9-6-7(13)4-5-8(9)10(11)14/h4-6,13H,3H2,1-2H3,(H2,11,14). The first-order valence-corrected chi connectivity index (χ1v) is 4.40. The number of phenolic OH excluding ortho intramolecular Hbond substituents is 1. The average Bonchev–Trinajstić information content (AvgIpc) is 2.16. The van der Waals surface area contributed by atoms with E-state index in [4.69, 9.17) is 5.73 Å². The molecule has 1 rings (SSSR count). The van der Waals surface area contributed by atoms with Crippen LogP contribution in [0.4, 0.5) is 5.69 Å². The summed E-state index contributed by atoms with van der Waals surface area (Å²) in [5, 5.41) is 9.28. The van der Waals surface area contributed by atoms with Crippen molar-refractivity contribution in [2.45, 2.75) is 6.92 Å². The van der Waals surface area contributed by atoms with Gasteiger partial charge >= 0.3 is 0 Å². The van der Waals surface area contributed by atoms with E-state index in [1.54, 1.807) is 0 Å². The van der Waals surface area contributed by atoms with Crippen LogP contribution in [0.3, 0.4) is 0 Å². The van der Waals surface area contributed by atoms with Crippen molar-refractivity contribution in [3.63, 3.8) is 0 Å². The monoisotopic (exact) mass is 194 g/mol. The fourth-order valence-electron chi connectivity index (χ4n) is 1.21. The van der Waals surface area contributed by atoms with Crippen molar-refractivity contribution in [3.05, 3.63) is 23.8 Å². The Hall–Kier alpha value is -1.71. The predicted octanol–water partition coefficient (Wildman–Crippen LogP) is 0.947. The largest absolute Gasteiger partial charge is 0.508 e. The van der Waals surface area contributed by atoms with Gasteiger partial charge in [0.2, 0.25) is 0 Å². The maximum absolute atomic E-state index is 11.1. The quantitative estimate of drug-likeness (QED) is 0.752. The second kappa shape index (κ2) is 4.00. The normalized spacial score (nSPS) is 9.86. The number of nitrogens with two attached hydrogens (primary N) is 1. The van der Waals surface area contributed by atoms with E-state index in [0.29, 0.717) is 11.3 Å². The molecule has 0 saturated carbocycles. The lowest BCUT2D eigenvalue weighted by Crippen LogP contribution is -2.21. The van der Waals surface area contributed by atoms with Crippen molar-refractivity contribution in [2.24, 2.45) is 5.73 Å². The van der Waals surface area contributed by atoms with Crippen LogP contribution in [0.1, 0.15) is 17.3 Å². The number of hydrogen-bond donors (Lipinski definition) is 2. The van der Waals surface area contributed by atoms with Crippen LogP contribution in [0.25, 0.3) is 0 Å². The third-order valence-electron chi connectivity index (χ3n) is 2.13. The van der Waals surface area contributed by atoms with Gasteiger partial charge in [0.05, 0.1) is 11.3 Å². The third kappa shape index (κ3) is 1.96. The lowest BCUT2D eigenvalue weighted by molar-refractivity contribution is 0.100. The molecule has 4 nitrogen and oxygen atoms in total. The summed E-state index contributed by atoms with van der Waals surface area (Å²) >= 11 is 0.